The molecule has 0 fully saturated rings. The van der Waals surface area contributed by atoms with Crippen LogP contribution in [0.15, 0.2) is 30.3 Å². The van der Waals surface area contributed by atoms with Crippen LogP contribution in [0, 0.1) is 18.5 Å². The van der Waals surface area contributed by atoms with Crippen LogP contribution in [-0.4, -0.2) is 14.6 Å². The van der Waals surface area contributed by atoms with Gasteiger partial charge in [-0.1, -0.05) is 36.0 Å². The highest BCUT2D eigenvalue weighted by molar-refractivity contribution is 7.71. The molecule has 3 aromatic rings. The molecular weight excluding hydrogens is 290 g/mol. The van der Waals surface area contributed by atoms with Crippen molar-refractivity contribution in [2.75, 3.05) is 0 Å². The van der Waals surface area contributed by atoms with Gasteiger partial charge in [-0.25, -0.2) is 9.50 Å². The van der Waals surface area contributed by atoms with E-state index < -0.39 is 0 Å². The maximum atomic E-state index is 5.92. The van der Waals surface area contributed by atoms with Crippen molar-refractivity contribution < 1.29 is 0 Å². The van der Waals surface area contributed by atoms with E-state index in [2.05, 4.69) is 10.1 Å². The molecule has 0 aliphatic heterocycles. The normalized spacial score (nSPS) is 11.2. The number of aromatic nitrogens is 3. The summed E-state index contributed by atoms with van der Waals surface area (Å²) >= 11 is 11.5. The van der Waals surface area contributed by atoms with Crippen LogP contribution in [0.25, 0.3) is 5.65 Å². The summed E-state index contributed by atoms with van der Waals surface area (Å²) in [5, 5.41) is 3.96. The van der Waals surface area contributed by atoms with Crippen molar-refractivity contribution in [1.29, 1.82) is 0 Å². The highest BCUT2D eigenvalue weighted by atomic mass is 35.5. The first kappa shape index (κ1) is 13.3. The van der Waals surface area contributed by atoms with E-state index in [-0.39, 0.29) is 0 Å². The SMILES string of the molecule is Cc1cc2nc(C)c(Cc3ccc(Cl)cc3)c(=S)n2[nH]1. The minimum absolute atomic E-state index is 0.743. The topological polar surface area (TPSA) is 33.1 Å². The van der Waals surface area contributed by atoms with E-state index in [1.807, 2.05) is 48.7 Å². The molecule has 0 saturated carbocycles. The Hall–Kier alpha value is -1.65. The number of fused-ring (bicyclic) bond motifs is 1. The minimum Gasteiger partial charge on any atom is -0.296 e. The third-order valence-electron chi connectivity index (χ3n) is 3.34. The molecule has 2 heterocycles. The number of aromatic amines is 1. The van der Waals surface area contributed by atoms with E-state index in [0.717, 1.165) is 38.7 Å². The van der Waals surface area contributed by atoms with Crippen LogP contribution < -0.4 is 0 Å². The van der Waals surface area contributed by atoms with Crippen molar-refractivity contribution in [3.8, 4) is 0 Å². The summed E-state index contributed by atoms with van der Waals surface area (Å²) in [5.74, 6) is 0. The Morgan fingerprint density at radius 1 is 1.25 bits per heavy atom. The van der Waals surface area contributed by atoms with Crippen LogP contribution in [-0.2, 0) is 6.42 Å². The molecule has 1 aromatic carbocycles. The van der Waals surface area contributed by atoms with Gasteiger partial charge < -0.3 is 0 Å². The van der Waals surface area contributed by atoms with E-state index in [0.29, 0.717) is 0 Å². The van der Waals surface area contributed by atoms with E-state index in [9.17, 15) is 0 Å². The molecule has 0 spiro atoms. The number of nitrogens with zero attached hydrogens (tertiary/aromatic N) is 2. The van der Waals surface area contributed by atoms with Gasteiger partial charge in [-0.05, 0) is 31.5 Å². The summed E-state index contributed by atoms with van der Waals surface area (Å²) in [5.41, 5.74) is 5.13. The van der Waals surface area contributed by atoms with Crippen molar-refractivity contribution in [1.82, 2.24) is 14.6 Å². The smallest absolute Gasteiger partial charge is 0.154 e. The van der Waals surface area contributed by atoms with Gasteiger partial charge in [-0.15, -0.1) is 0 Å². The lowest BCUT2D eigenvalue weighted by Crippen LogP contribution is -2.03. The molecule has 102 valence electrons. The Morgan fingerprint density at radius 2 is 1.95 bits per heavy atom. The molecule has 0 amide bonds. The monoisotopic (exact) mass is 303 g/mol. The Balaban J connectivity index is 2.11. The van der Waals surface area contributed by atoms with Crippen LogP contribution in [0.3, 0.4) is 0 Å². The fraction of sp³-hybridized carbons (Fsp3) is 0.200. The average Bonchev–Trinajstić information content (AvgIpc) is 2.77. The summed E-state index contributed by atoms with van der Waals surface area (Å²) in [4.78, 5) is 4.61. The molecule has 0 atom stereocenters. The molecule has 2 aromatic heterocycles. The van der Waals surface area contributed by atoms with Gasteiger partial charge in [0, 0.05) is 34.5 Å². The number of halogens is 1. The molecule has 20 heavy (non-hydrogen) atoms. The van der Waals surface area contributed by atoms with E-state index in [4.69, 9.17) is 23.8 Å². The first-order valence-corrected chi connectivity index (χ1v) is 7.15. The molecule has 0 aliphatic carbocycles. The third kappa shape index (κ3) is 2.37. The molecule has 0 unspecified atom stereocenters. The largest absolute Gasteiger partial charge is 0.296 e. The van der Waals surface area contributed by atoms with Crippen molar-refractivity contribution >= 4 is 29.5 Å². The van der Waals surface area contributed by atoms with Crippen LogP contribution in [0.5, 0.6) is 0 Å². The third-order valence-corrected chi connectivity index (χ3v) is 4.02. The van der Waals surface area contributed by atoms with E-state index in [1.54, 1.807) is 0 Å². The number of benzene rings is 1. The Morgan fingerprint density at radius 3 is 2.65 bits per heavy atom. The summed E-state index contributed by atoms with van der Waals surface area (Å²) in [7, 11) is 0. The zero-order valence-electron chi connectivity index (χ0n) is 11.3. The Labute approximate surface area is 127 Å². The van der Waals surface area contributed by atoms with Gasteiger partial charge in [0.15, 0.2) is 5.65 Å². The Bertz CT molecular complexity index is 831. The van der Waals surface area contributed by atoms with Crippen LogP contribution >= 0.6 is 23.8 Å². The number of rotatable bonds is 2. The molecule has 0 bridgehead atoms. The maximum absolute atomic E-state index is 5.92. The van der Waals surface area contributed by atoms with Gasteiger partial charge in [0.1, 0.15) is 4.64 Å². The standard InChI is InChI=1S/C15H14ClN3S/c1-9-7-14-17-10(2)13(15(20)19(14)18-9)8-11-3-5-12(16)6-4-11/h3-7,18H,8H2,1-2H3. The van der Waals surface area contributed by atoms with E-state index >= 15 is 0 Å². The van der Waals surface area contributed by atoms with Gasteiger partial charge in [0.25, 0.3) is 0 Å². The van der Waals surface area contributed by atoms with Gasteiger partial charge in [0.05, 0.1) is 0 Å². The first-order chi connectivity index (χ1) is 9.54. The number of hydrogen-bond acceptors (Lipinski definition) is 2. The van der Waals surface area contributed by atoms with Crippen molar-refractivity contribution in [2.45, 2.75) is 20.3 Å². The number of H-pyrrole nitrogens is 1. The van der Waals surface area contributed by atoms with Crippen molar-refractivity contribution in [3.63, 3.8) is 0 Å². The second-order valence-corrected chi connectivity index (χ2v) is 5.74. The molecule has 3 nitrogen and oxygen atoms in total. The average molecular weight is 304 g/mol. The second kappa shape index (κ2) is 5.04. The van der Waals surface area contributed by atoms with Crippen LogP contribution in [0.1, 0.15) is 22.5 Å². The number of nitrogens with one attached hydrogen (secondary N) is 1. The van der Waals surface area contributed by atoms with Crippen molar-refractivity contribution in [2.24, 2.45) is 0 Å². The molecule has 1 N–H and O–H groups in total. The molecule has 0 aliphatic rings. The minimum atomic E-state index is 0.743. The lowest BCUT2D eigenvalue weighted by atomic mass is 10.1. The van der Waals surface area contributed by atoms with Gasteiger partial charge >= 0.3 is 0 Å². The molecule has 0 saturated heterocycles. The number of aryl methyl sites for hydroxylation is 2. The predicted molar refractivity (Wildman–Crippen MR) is 84.1 cm³/mol. The van der Waals surface area contributed by atoms with Gasteiger partial charge in [-0.3, -0.25) is 5.10 Å². The molecule has 0 radical (unpaired) electrons. The van der Waals surface area contributed by atoms with Crippen LogP contribution in [0.2, 0.25) is 5.02 Å². The predicted octanol–water partition coefficient (Wildman–Crippen LogP) is 4.25. The second-order valence-electron chi connectivity index (χ2n) is 4.92. The Kier molecular flexibility index (Phi) is 3.36. The van der Waals surface area contributed by atoms with Gasteiger partial charge in [0.2, 0.25) is 0 Å². The van der Waals surface area contributed by atoms with Crippen LogP contribution in [0.4, 0.5) is 0 Å². The zero-order valence-corrected chi connectivity index (χ0v) is 12.8. The zero-order chi connectivity index (χ0) is 14.3. The summed E-state index contributed by atoms with van der Waals surface area (Å²) in [6, 6.07) is 9.83. The fourth-order valence-electron chi connectivity index (χ4n) is 2.30. The lowest BCUT2D eigenvalue weighted by Gasteiger charge is -2.07. The number of hydrogen-bond donors (Lipinski definition) is 1. The summed E-state index contributed by atoms with van der Waals surface area (Å²) < 4.78 is 2.65. The molecule has 5 heteroatoms. The highest BCUT2D eigenvalue weighted by Gasteiger charge is 2.09. The fourth-order valence-corrected chi connectivity index (χ4v) is 2.79. The summed E-state index contributed by atoms with van der Waals surface area (Å²) in [6.07, 6.45) is 0.760. The molecule has 3 rings (SSSR count). The first-order valence-electron chi connectivity index (χ1n) is 6.37. The maximum Gasteiger partial charge on any atom is 0.154 e. The van der Waals surface area contributed by atoms with Gasteiger partial charge in [-0.2, -0.15) is 0 Å². The highest BCUT2D eigenvalue weighted by Crippen LogP contribution is 2.18. The van der Waals surface area contributed by atoms with Crippen molar-refractivity contribution in [3.05, 3.63) is 62.5 Å². The quantitative estimate of drug-likeness (QED) is 0.718. The molecular formula is C15H14ClN3S. The van der Waals surface area contributed by atoms with E-state index in [1.165, 1.54) is 5.56 Å². The lowest BCUT2D eigenvalue weighted by molar-refractivity contribution is 0.871. The summed E-state index contributed by atoms with van der Waals surface area (Å²) in [6.45, 7) is 4.00.